The van der Waals surface area contributed by atoms with Crippen molar-refractivity contribution >= 4 is 15.8 Å². The van der Waals surface area contributed by atoms with Crippen LogP contribution < -0.4 is 4.90 Å². The highest BCUT2D eigenvalue weighted by molar-refractivity contribution is 7.89. The normalized spacial score (nSPS) is 15.2. The second-order valence-electron chi connectivity index (χ2n) is 7.49. The highest BCUT2D eigenvalue weighted by atomic mass is 32.2. The summed E-state index contributed by atoms with van der Waals surface area (Å²) in [6.45, 7) is 3.27. The number of nitrogens with one attached hydrogen (secondary N) is 1. The third-order valence-electron chi connectivity index (χ3n) is 5.40. The monoisotopic (exact) mass is 469 g/mol. The number of hydrogen-bond donors (Lipinski definition) is 1. The van der Waals surface area contributed by atoms with E-state index in [0.717, 1.165) is 17.7 Å². The van der Waals surface area contributed by atoms with Gasteiger partial charge >= 0.3 is 0 Å². The number of anilines is 1. The minimum absolute atomic E-state index is 0.00741. The largest absolute Gasteiger partial charge is 0.354 e. The zero-order chi connectivity index (χ0) is 23.0. The molecule has 0 aliphatic carbocycles. The Labute approximate surface area is 188 Å². The second kappa shape index (κ2) is 8.33. The Morgan fingerprint density at radius 2 is 1.73 bits per heavy atom. The summed E-state index contributed by atoms with van der Waals surface area (Å²) in [5, 5.41) is 13.1. The maximum absolute atomic E-state index is 14.2. The maximum Gasteiger partial charge on any atom is 0.243 e. The summed E-state index contributed by atoms with van der Waals surface area (Å²) in [5.41, 5.74) is -0.0301. The molecule has 0 amide bonds. The number of aromatic amines is 1. The van der Waals surface area contributed by atoms with E-state index in [2.05, 4.69) is 30.6 Å². The van der Waals surface area contributed by atoms with Crippen molar-refractivity contribution in [3.8, 4) is 17.2 Å². The minimum atomic E-state index is -3.83. The molecule has 0 spiro atoms. The number of H-pyrrole nitrogens is 1. The quantitative estimate of drug-likeness (QED) is 0.465. The maximum atomic E-state index is 14.2. The molecule has 13 heteroatoms. The lowest BCUT2D eigenvalue weighted by atomic mass is 10.2. The summed E-state index contributed by atoms with van der Waals surface area (Å²) in [5.74, 6) is 1.48. The van der Waals surface area contributed by atoms with Crippen molar-refractivity contribution in [3.63, 3.8) is 0 Å². The van der Waals surface area contributed by atoms with Gasteiger partial charge in [0.15, 0.2) is 0 Å². The number of rotatable bonds is 5. The fourth-order valence-electron chi connectivity index (χ4n) is 3.74. The van der Waals surface area contributed by atoms with Gasteiger partial charge in [0.05, 0.1) is 10.5 Å². The molecule has 11 nitrogen and oxygen atoms in total. The number of benzene rings is 1. The number of aryl methyl sites for hydroxylation is 1. The zero-order valence-electron chi connectivity index (χ0n) is 17.6. The van der Waals surface area contributed by atoms with Crippen molar-refractivity contribution < 1.29 is 12.8 Å². The first-order chi connectivity index (χ1) is 15.9. The fourth-order valence-corrected chi connectivity index (χ4v) is 5.19. The van der Waals surface area contributed by atoms with Gasteiger partial charge in [0, 0.05) is 44.6 Å². The second-order valence-corrected chi connectivity index (χ2v) is 9.43. The lowest BCUT2D eigenvalue weighted by Crippen LogP contribution is -2.49. The first-order valence-electron chi connectivity index (χ1n) is 10.2. The van der Waals surface area contributed by atoms with E-state index < -0.39 is 15.8 Å². The molecule has 5 rings (SSSR count). The molecular weight excluding hydrogens is 449 g/mol. The van der Waals surface area contributed by atoms with E-state index in [0.29, 0.717) is 18.9 Å². The molecule has 1 aromatic carbocycles. The first-order valence-corrected chi connectivity index (χ1v) is 11.6. The van der Waals surface area contributed by atoms with Gasteiger partial charge in [-0.1, -0.05) is 0 Å². The van der Waals surface area contributed by atoms with Crippen LogP contribution >= 0.6 is 0 Å². The van der Waals surface area contributed by atoms with Crippen LogP contribution in [-0.4, -0.2) is 74.1 Å². The average molecular weight is 470 g/mol. The van der Waals surface area contributed by atoms with E-state index in [4.69, 9.17) is 0 Å². The van der Waals surface area contributed by atoms with Crippen molar-refractivity contribution in [1.82, 2.24) is 39.5 Å². The van der Waals surface area contributed by atoms with E-state index >= 15 is 0 Å². The zero-order valence-corrected chi connectivity index (χ0v) is 18.4. The Bertz CT molecular complexity index is 1370. The van der Waals surface area contributed by atoms with E-state index in [1.165, 1.54) is 16.4 Å². The molecule has 1 saturated heterocycles. The number of hydrogen-bond acceptors (Lipinski definition) is 8. The summed E-state index contributed by atoms with van der Waals surface area (Å²) < 4.78 is 43.9. The summed E-state index contributed by atoms with van der Waals surface area (Å²) in [7, 11) is -3.83. The van der Waals surface area contributed by atoms with Crippen molar-refractivity contribution in [2.45, 2.75) is 11.8 Å². The van der Waals surface area contributed by atoms with Gasteiger partial charge in [0.1, 0.15) is 23.3 Å². The molecule has 1 aliphatic rings. The number of nitrogens with zero attached hydrogens (tertiary/aromatic N) is 8. The van der Waals surface area contributed by atoms with Crippen LogP contribution in [0.2, 0.25) is 0 Å². The highest BCUT2D eigenvalue weighted by Crippen LogP contribution is 2.26. The summed E-state index contributed by atoms with van der Waals surface area (Å²) in [6.07, 6.45) is 3.81. The molecule has 1 fully saturated rings. The van der Waals surface area contributed by atoms with Crippen LogP contribution in [0.25, 0.3) is 17.2 Å². The van der Waals surface area contributed by atoms with Gasteiger partial charge in [-0.25, -0.2) is 22.8 Å². The highest BCUT2D eigenvalue weighted by Gasteiger charge is 2.30. The third kappa shape index (κ3) is 4.07. The average Bonchev–Trinajstić information content (AvgIpc) is 3.54. The minimum Gasteiger partial charge on any atom is -0.354 e. The smallest absolute Gasteiger partial charge is 0.243 e. The lowest BCUT2D eigenvalue weighted by Gasteiger charge is -2.34. The molecule has 0 unspecified atom stereocenters. The van der Waals surface area contributed by atoms with Crippen LogP contribution in [-0.2, 0) is 10.0 Å². The number of sulfonamides is 1. The number of aromatic nitrogens is 7. The van der Waals surface area contributed by atoms with Gasteiger partial charge in [-0.3, -0.25) is 0 Å². The van der Waals surface area contributed by atoms with Crippen LogP contribution in [0, 0.1) is 12.7 Å². The van der Waals surface area contributed by atoms with Crippen molar-refractivity contribution in [2.75, 3.05) is 31.1 Å². The molecule has 0 atom stereocenters. The molecule has 0 saturated carbocycles. The summed E-state index contributed by atoms with van der Waals surface area (Å²) >= 11 is 0. The van der Waals surface area contributed by atoms with Crippen LogP contribution in [0.15, 0.2) is 53.7 Å². The predicted octanol–water partition coefficient (Wildman–Crippen LogP) is 1.41. The Hall–Kier alpha value is -3.71. The van der Waals surface area contributed by atoms with Gasteiger partial charge in [-0.05, 0) is 42.5 Å². The van der Waals surface area contributed by atoms with Crippen LogP contribution in [0.3, 0.4) is 0 Å². The molecule has 4 aromatic rings. The van der Waals surface area contributed by atoms with Crippen molar-refractivity contribution in [3.05, 3.63) is 60.4 Å². The Morgan fingerprint density at radius 3 is 2.42 bits per heavy atom. The molecule has 1 aliphatic heterocycles. The van der Waals surface area contributed by atoms with E-state index in [1.54, 1.807) is 0 Å². The number of piperazine rings is 1. The molecule has 0 bridgehead atoms. The van der Waals surface area contributed by atoms with E-state index in [1.807, 2.05) is 47.0 Å². The van der Waals surface area contributed by atoms with Crippen LogP contribution in [0.4, 0.5) is 10.2 Å². The van der Waals surface area contributed by atoms with Crippen molar-refractivity contribution in [1.29, 1.82) is 0 Å². The molecule has 3 aromatic heterocycles. The summed E-state index contributed by atoms with van der Waals surface area (Å²) in [6, 6.07) is 9.30. The lowest BCUT2D eigenvalue weighted by molar-refractivity contribution is 0.383. The van der Waals surface area contributed by atoms with Crippen LogP contribution in [0.1, 0.15) is 5.82 Å². The molecule has 170 valence electrons. The van der Waals surface area contributed by atoms with E-state index in [-0.39, 0.29) is 29.4 Å². The Balaban J connectivity index is 1.35. The molecule has 1 N–H and O–H groups in total. The number of halogens is 1. The fraction of sp³-hybridized carbons (Fsp3) is 0.250. The van der Waals surface area contributed by atoms with Gasteiger partial charge < -0.3 is 9.47 Å². The van der Waals surface area contributed by atoms with Gasteiger partial charge in [0.25, 0.3) is 0 Å². The molecule has 33 heavy (non-hydrogen) atoms. The van der Waals surface area contributed by atoms with Gasteiger partial charge in [0.2, 0.25) is 15.8 Å². The Kier molecular flexibility index (Phi) is 5.34. The summed E-state index contributed by atoms with van der Waals surface area (Å²) in [4.78, 5) is 11.0. The molecule has 4 heterocycles. The first kappa shape index (κ1) is 21.2. The standard InChI is InChI=1S/C20H20FN9O2S/c1-14-22-18(28-6-2-3-7-28)13-19(23-14)29-8-10-30(11-9-29)33(31,32)15-4-5-17(21)16(12-15)20-24-26-27-25-20/h2-7,12-13H,8-11H2,1H3,(H,24,25,26,27). The SMILES string of the molecule is Cc1nc(N2CCN(S(=O)(=O)c3ccc(F)c(-c4nn[nH]n4)c3)CC2)cc(-n2cccc2)n1. The van der Waals surface area contributed by atoms with E-state index in [9.17, 15) is 12.8 Å². The Morgan fingerprint density at radius 1 is 1.00 bits per heavy atom. The molecule has 0 radical (unpaired) electrons. The van der Waals surface area contributed by atoms with Gasteiger partial charge in [-0.2, -0.15) is 9.52 Å². The van der Waals surface area contributed by atoms with Crippen LogP contribution in [0.5, 0.6) is 0 Å². The molecular formula is C20H20FN9O2S. The number of tetrazole rings is 1. The van der Waals surface area contributed by atoms with Gasteiger partial charge in [-0.15, -0.1) is 10.2 Å². The topological polar surface area (TPSA) is 126 Å². The van der Waals surface area contributed by atoms with Crippen molar-refractivity contribution in [2.24, 2.45) is 0 Å². The predicted molar refractivity (Wildman–Crippen MR) is 117 cm³/mol. The third-order valence-corrected chi connectivity index (χ3v) is 7.30.